The average molecular weight is 650 g/mol. The van der Waals surface area contributed by atoms with Crippen LogP contribution < -0.4 is 9.62 Å². The molecule has 7 nitrogen and oxygen atoms in total. The molecule has 0 fully saturated rings. The Morgan fingerprint density at radius 2 is 1.53 bits per heavy atom. The summed E-state index contributed by atoms with van der Waals surface area (Å²) in [7, 11) is -4.28. The molecular formula is C35H37ClFN3O4S. The van der Waals surface area contributed by atoms with Gasteiger partial charge in [0, 0.05) is 29.6 Å². The van der Waals surface area contributed by atoms with E-state index in [1.54, 1.807) is 51.1 Å². The normalized spacial score (nSPS) is 12.1. The lowest BCUT2D eigenvalue weighted by Gasteiger charge is -2.34. The predicted molar refractivity (Wildman–Crippen MR) is 176 cm³/mol. The van der Waals surface area contributed by atoms with E-state index in [1.807, 2.05) is 37.3 Å². The van der Waals surface area contributed by atoms with Crippen LogP contribution in [0.25, 0.3) is 0 Å². The monoisotopic (exact) mass is 649 g/mol. The molecule has 4 aromatic carbocycles. The topological polar surface area (TPSA) is 86.8 Å². The lowest BCUT2D eigenvalue weighted by atomic mass is 10.0. The Hall–Kier alpha value is -4.21. The fraction of sp³-hybridized carbons (Fsp3) is 0.257. The van der Waals surface area contributed by atoms with Gasteiger partial charge < -0.3 is 10.2 Å². The molecule has 0 aliphatic heterocycles. The van der Waals surface area contributed by atoms with Gasteiger partial charge >= 0.3 is 0 Å². The van der Waals surface area contributed by atoms with Crippen molar-refractivity contribution in [2.45, 2.75) is 57.6 Å². The summed E-state index contributed by atoms with van der Waals surface area (Å²) in [6.45, 7) is 6.31. The summed E-state index contributed by atoms with van der Waals surface area (Å²) < 4.78 is 44.2. The summed E-state index contributed by atoms with van der Waals surface area (Å²) in [6.07, 6.45) is 0.126. The Labute approximate surface area is 269 Å². The fourth-order valence-corrected chi connectivity index (χ4v) is 6.43. The minimum Gasteiger partial charge on any atom is -0.352 e. The number of halogens is 2. The first-order valence-corrected chi connectivity index (χ1v) is 16.4. The van der Waals surface area contributed by atoms with Crippen molar-refractivity contribution < 1.29 is 22.4 Å². The lowest BCUT2D eigenvalue weighted by Crippen LogP contribution is -2.54. The molecule has 1 atom stereocenters. The molecule has 45 heavy (non-hydrogen) atoms. The molecule has 0 heterocycles. The van der Waals surface area contributed by atoms with Crippen molar-refractivity contribution in [3.05, 3.63) is 130 Å². The van der Waals surface area contributed by atoms with E-state index in [2.05, 4.69) is 5.32 Å². The van der Waals surface area contributed by atoms with E-state index in [9.17, 15) is 18.0 Å². The molecule has 4 rings (SSSR count). The van der Waals surface area contributed by atoms with Crippen LogP contribution in [0, 0.1) is 19.7 Å². The molecule has 0 bridgehead atoms. The Bertz CT molecular complexity index is 1750. The number of nitrogens with one attached hydrogen (secondary N) is 1. The van der Waals surface area contributed by atoms with Gasteiger partial charge in [0.2, 0.25) is 11.8 Å². The standard InChI is InChI=1S/C35H37ClFN3O4S/c1-24(2)38-35(42)33(20-27-10-6-5-7-11-27)39(22-28-12-8-9-13-32(28)37)34(41)23-40(29-17-16-26(4)31(36)21-29)45(43,44)30-18-14-25(3)15-19-30/h5-19,21,24,33H,20,22-23H2,1-4H3,(H,38,42)/t33-/m0/s1. The van der Waals surface area contributed by atoms with Crippen LogP contribution in [0.15, 0.2) is 102 Å². The van der Waals surface area contributed by atoms with Gasteiger partial charge in [0.1, 0.15) is 18.4 Å². The van der Waals surface area contributed by atoms with Gasteiger partial charge in [0.05, 0.1) is 10.6 Å². The van der Waals surface area contributed by atoms with E-state index in [-0.39, 0.29) is 35.2 Å². The number of carbonyl (C=O) groups excluding carboxylic acids is 2. The van der Waals surface area contributed by atoms with E-state index in [0.717, 1.165) is 21.0 Å². The molecule has 0 aliphatic carbocycles. The number of hydrogen-bond acceptors (Lipinski definition) is 4. The highest BCUT2D eigenvalue weighted by molar-refractivity contribution is 7.92. The zero-order chi connectivity index (χ0) is 32.7. The van der Waals surface area contributed by atoms with Crippen LogP contribution in [0.1, 0.15) is 36.1 Å². The molecule has 0 saturated carbocycles. The van der Waals surface area contributed by atoms with Gasteiger partial charge in [-0.3, -0.25) is 13.9 Å². The molecule has 1 N–H and O–H groups in total. The molecule has 4 aromatic rings. The second-order valence-corrected chi connectivity index (χ2v) is 13.5. The lowest BCUT2D eigenvalue weighted by molar-refractivity contribution is -0.140. The van der Waals surface area contributed by atoms with Gasteiger partial charge in [0.15, 0.2) is 0 Å². The van der Waals surface area contributed by atoms with Gasteiger partial charge in [-0.25, -0.2) is 12.8 Å². The zero-order valence-electron chi connectivity index (χ0n) is 25.7. The molecule has 0 aliphatic rings. The predicted octanol–water partition coefficient (Wildman–Crippen LogP) is 6.46. The minimum absolute atomic E-state index is 0.0170. The number of nitrogens with zero attached hydrogens (tertiary/aromatic N) is 2. The number of hydrogen-bond donors (Lipinski definition) is 1. The first-order valence-electron chi connectivity index (χ1n) is 14.6. The van der Waals surface area contributed by atoms with Crippen molar-refractivity contribution in [3.63, 3.8) is 0 Å². The van der Waals surface area contributed by atoms with Crippen LogP contribution in [-0.4, -0.2) is 43.8 Å². The Balaban J connectivity index is 1.83. The maximum absolute atomic E-state index is 15.0. The molecular weight excluding hydrogens is 613 g/mol. The first-order chi connectivity index (χ1) is 21.4. The number of anilines is 1. The maximum atomic E-state index is 15.0. The number of benzene rings is 4. The average Bonchev–Trinajstić information content (AvgIpc) is 3.00. The van der Waals surface area contributed by atoms with Crippen LogP contribution >= 0.6 is 11.6 Å². The van der Waals surface area contributed by atoms with Crippen LogP contribution in [0.3, 0.4) is 0 Å². The molecule has 0 aromatic heterocycles. The van der Waals surface area contributed by atoms with E-state index >= 15 is 4.39 Å². The summed E-state index contributed by atoms with van der Waals surface area (Å²) in [5, 5.41) is 3.21. The molecule has 0 radical (unpaired) electrons. The molecule has 2 amide bonds. The largest absolute Gasteiger partial charge is 0.352 e. The Kier molecular flexibility index (Phi) is 11.0. The number of carbonyl (C=O) groups is 2. The number of aryl methyl sites for hydroxylation is 2. The number of amides is 2. The van der Waals surface area contributed by atoms with Gasteiger partial charge in [-0.05, 0) is 69.2 Å². The van der Waals surface area contributed by atoms with Gasteiger partial charge in [-0.1, -0.05) is 83.9 Å². The second-order valence-electron chi connectivity index (χ2n) is 11.2. The van der Waals surface area contributed by atoms with E-state index in [0.29, 0.717) is 5.02 Å². The van der Waals surface area contributed by atoms with Crippen molar-refractivity contribution in [2.24, 2.45) is 0 Å². The first kappa shape index (κ1) is 33.7. The Morgan fingerprint density at radius 3 is 2.16 bits per heavy atom. The summed E-state index contributed by atoms with van der Waals surface area (Å²) in [5.41, 5.74) is 2.74. The van der Waals surface area contributed by atoms with Crippen LogP contribution in [0.4, 0.5) is 10.1 Å². The highest BCUT2D eigenvalue weighted by Crippen LogP contribution is 2.29. The van der Waals surface area contributed by atoms with Crippen LogP contribution in [0.5, 0.6) is 0 Å². The summed E-state index contributed by atoms with van der Waals surface area (Å²) in [4.78, 5) is 29.4. The third kappa shape index (κ3) is 8.49. The molecule has 236 valence electrons. The molecule has 0 unspecified atom stereocenters. The number of rotatable bonds is 12. The second kappa shape index (κ2) is 14.7. The molecule has 0 saturated heterocycles. The fourth-order valence-electron chi connectivity index (χ4n) is 4.85. The van der Waals surface area contributed by atoms with Crippen LogP contribution in [0.2, 0.25) is 5.02 Å². The van der Waals surface area contributed by atoms with E-state index in [4.69, 9.17) is 11.6 Å². The third-order valence-corrected chi connectivity index (χ3v) is 9.53. The highest BCUT2D eigenvalue weighted by Gasteiger charge is 2.35. The maximum Gasteiger partial charge on any atom is 0.264 e. The summed E-state index contributed by atoms with van der Waals surface area (Å²) in [5.74, 6) is -1.68. The van der Waals surface area contributed by atoms with Crippen molar-refractivity contribution in [2.75, 3.05) is 10.8 Å². The molecule has 0 spiro atoms. The van der Waals surface area contributed by atoms with Gasteiger partial charge in [-0.2, -0.15) is 0 Å². The van der Waals surface area contributed by atoms with Gasteiger partial charge in [0.25, 0.3) is 10.0 Å². The van der Waals surface area contributed by atoms with E-state index in [1.165, 1.54) is 41.3 Å². The smallest absolute Gasteiger partial charge is 0.264 e. The number of sulfonamides is 1. The third-order valence-electron chi connectivity index (χ3n) is 7.33. The summed E-state index contributed by atoms with van der Waals surface area (Å²) in [6, 6.07) is 24.9. The minimum atomic E-state index is -4.28. The quantitative estimate of drug-likeness (QED) is 0.191. The summed E-state index contributed by atoms with van der Waals surface area (Å²) >= 11 is 6.42. The van der Waals surface area contributed by atoms with Gasteiger partial charge in [-0.15, -0.1) is 0 Å². The van der Waals surface area contributed by atoms with Crippen molar-refractivity contribution in [3.8, 4) is 0 Å². The van der Waals surface area contributed by atoms with Crippen LogP contribution in [-0.2, 0) is 32.6 Å². The van der Waals surface area contributed by atoms with Crippen molar-refractivity contribution in [1.29, 1.82) is 0 Å². The van der Waals surface area contributed by atoms with Crippen molar-refractivity contribution in [1.82, 2.24) is 10.2 Å². The highest BCUT2D eigenvalue weighted by atomic mass is 35.5. The SMILES string of the molecule is Cc1ccc(S(=O)(=O)N(CC(=O)N(Cc2ccccc2F)[C@@H](Cc2ccccc2)C(=O)NC(C)C)c2ccc(C)c(Cl)c2)cc1. The molecule has 10 heteroatoms. The zero-order valence-corrected chi connectivity index (χ0v) is 27.3. The van der Waals surface area contributed by atoms with E-state index < -0.39 is 40.2 Å². The Morgan fingerprint density at radius 1 is 0.889 bits per heavy atom. The van der Waals surface area contributed by atoms with Crippen molar-refractivity contribution >= 4 is 39.1 Å².